The van der Waals surface area contributed by atoms with Gasteiger partial charge in [0.05, 0.1) is 0 Å². The van der Waals surface area contributed by atoms with Gasteiger partial charge in [0.2, 0.25) is 0 Å². The maximum atomic E-state index is 12.0. The van der Waals surface area contributed by atoms with Gasteiger partial charge in [-0.1, -0.05) is 30.3 Å². The third-order valence-corrected chi connectivity index (χ3v) is 4.67. The normalized spacial score (nSPS) is 20.5. The Bertz CT molecular complexity index is 619. The van der Waals surface area contributed by atoms with E-state index in [9.17, 15) is 18.0 Å². The molecule has 6 nitrogen and oxygen atoms in total. The molecule has 1 aromatic carbocycles. The van der Waals surface area contributed by atoms with Gasteiger partial charge < -0.3 is 21.1 Å². The van der Waals surface area contributed by atoms with Crippen LogP contribution in [-0.4, -0.2) is 41.4 Å². The van der Waals surface area contributed by atoms with Gasteiger partial charge in [-0.25, -0.2) is 9.59 Å². The quantitative estimate of drug-likeness (QED) is 0.655. The van der Waals surface area contributed by atoms with Crippen LogP contribution >= 0.6 is 0 Å². The van der Waals surface area contributed by atoms with Crippen molar-refractivity contribution in [2.75, 3.05) is 6.54 Å². The highest BCUT2D eigenvalue weighted by atomic mass is 19.4. The molecule has 26 heavy (non-hydrogen) atoms. The van der Waals surface area contributed by atoms with E-state index in [0.29, 0.717) is 6.54 Å². The topological polar surface area (TPSA) is 90.5 Å². The fourth-order valence-electron chi connectivity index (χ4n) is 3.15. The maximum absolute atomic E-state index is 12.0. The van der Waals surface area contributed by atoms with Crippen molar-refractivity contribution in [3.8, 4) is 0 Å². The van der Waals surface area contributed by atoms with E-state index in [2.05, 4.69) is 16.0 Å². The molecule has 1 aromatic rings. The molecule has 0 aromatic heterocycles. The number of carbonyl (C=O) groups excluding carboxylic acids is 1. The van der Waals surface area contributed by atoms with Gasteiger partial charge in [-0.3, -0.25) is 0 Å². The molecular weight excluding hydrogens is 351 g/mol. The van der Waals surface area contributed by atoms with E-state index in [1.807, 2.05) is 30.3 Å². The van der Waals surface area contributed by atoms with Gasteiger partial charge in [0.25, 0.3) is 0 Å². The van der Waals surface area contributed by atoms with E-state index < -0.39 is 12.1 Å². The summed E-state index contributed by atoms with van der Waals surface area (Å²) in [4.78, 5) is 20.8. The Labute approximate surface area is 149 Å². The maximum Gasteiger partial charge on any atom is 0.490 e. The summed E-state index contributed by atoms with van der Waals surface area (Å²) in [6, 6.07) is 10.2. The minimum atomic E-state index is -5.08. The third-order valence-electron chi connectivity index (χ3n) is 4.67. The zero-order chi connectivity index (χ0) is 19.2. The standard InChI is InChI=1S/C15H21N3O.C2HF3O2/c19-14(16-11-12-5-2-1-3-6-12)18-13-7-10-17-15(13)8-4-9-15;3-2(4,5)1(6)7/h1-3,5-6,13,17H,4,7-11H2,(H2,16,18,19);(H,6,7). The van der Waals surface area contributed by atoms with Gasteiger partial charge in [-0.2, -0.15) is 13.2 Å². The first-order valence-corrected chi connectivity index (χ1v) is 8.36. The minimum absolute atomic E-state index is 0.0520. The number of alkyl halides is 3. The predicted molar refractivity (Wildman–Crippen MR) is 88.5 cm³/mol. The minimum Gasteiger partial charge on any atom is -0.475 e. The van der Waals surface area contributed by atoms with Crippen LogP contribution in [0.4, 0.5) is 18.0 Å². The zero-order valence-electron chi connectivity index (χ0n) is 14.1. The van der Waals surface area contributed by atoms with Crippen molar-refractivity contribution in [1.29, 1.82) is 0 Å². The smallest absolute Gasteiger partial charge is 0.475 e. The Morgan fingerprint density at radius 2 is 1.85 bits per heavy atom. The Morgan fingerprint density at radius 3 is 2.35 bits per heavy atom. The number of hydrogen-bond acceptors (Lipinski definition) is 3. The van der Waals surface area contributed by atoms with Crippen LogP contribution in [0.5, 0.6) is 0 Å². The molecule has 9 heteroatoms. The molecule has 144 valence electrons. The van der Waals surface area contributed by atoms with E-state index in [0.717, 1.165) is 18.5 Å². The van der Waals surface area contributed by atoms with Crippen molar-refractivity contribution < 1.29 is 27.9 Å². The van der Waals surface area contributed by atoms with E-state index in [4.69, 9.17) is 9.90 Å². The first-order chi connectivity index (χ1) is 12.2. The molecule has 3 rings (SSSR count). The first kappa shape index (κ1) is 20.0. The average molecular weight is 373 g/mol. The number of carboxylic acid groups (broad SMARTS) is 1. The Hall–Kier alpha value is -2.29. The van der Waals surface area contributed by atoms with Gasteiger partial charge in [0.1, 0.15) is 0 Å². The van der Waals surface area contributed by atoms with Gasteiger partial charge >= 0.3 is 18.2 Å². The fraction of sp³-hybridized carbons (Fsp3) is 0.529. The second kappa shape index (κ2) is 8.39. The van der Waals surface area contributed by atoms with Crippen molar-refractivity contribution in [1.82, 2.24) is 16.0 Å². The molecule has 4 N–H and O–H groups in total. The molecule has 1 aliphatic heterocycles. The number of aliphatic carboxylic acids is 1. The predicted octanol–water partition coefficient (Wildman–Crippen LogP) is 2.40. The molecular formula is C17H22F3N3O3. The Balaban J connectivity index is 0.000000298. The van der Waals surface area contributed by atoms with Crippen molar-refractivity contribution in [2.24, 2.45) is 0 Å². The fourth-order valence-corrected chi connectivity index (χ4v) is 3.15. The number of nitrogens with one attached hydrogen (secondary N) is 3. The third kappa shape index (κ3) is 5.35. The van der Waals surface area contributed by atoms with Crippen LogP contribution < -0.4 is 16.0 Å². The number of carboxylic acids is 1. The van der Waals surface area contributed by atoms with Gasteiger partial charge in [-0.05, 0) is 37.8 Å². The summed E-state index contributed by atoms with van der Waals surface area (Å²) in [5.74, 6) is -2.76. The number of benzene rings is 1. The molecule has 1 heterocycles. The lowest BCUT2D eigenvalue weighted by Crippen LogP contribution is -2.60. The highest BCUT2D eigenvalue weighted by molar-refractivity contribution is 5.74. The molecule has 0 radical (unpaired) electrons. The van der Waals surface area contributed by atoms with E-state index in [1.54, 1.807) is 0 Å². The highest BCUT2D eigenvalue weighted by Crippen LogP contribution is 2.39. The summed E-state index contributed by atoms with van der Waals surface area (Å²) in [5, 5.41) is 16.7. The largest absolute Gasteiger partial charge is 0.490 e. The van der Waals surface area contributed by atoms with Crippen LogP contribution in [0.2, 0.25) is 0 Å². The lowest BCUT2D eigenvalue weighted by atomic mass is 9.73. The lowest BCUT2D eigenvalue weighted by Gasteiger charge is -2.43. The van der Waals surface area contributed by atoms with Crippen LogP contribution in [-0.2, 0) is 11.3 Å². The molecule has 0 bridgehead atoms. The number of halogens is 3. The molecule has 1 saturated carbocycles. The second-order valence-corrected chi connectivity index (χ2v) is 6.39. The van der Waals surface area contributed by atoms with Crippen LogP contribution in [0.3, 0.4) is 0 Å². The molecule has 2 fully saturated rings. The van der Waals surface area contributed by atoms with Crippen molar-refractivity contribution >= 4 is 12.0 Å². The van der Waals surface area contributed by atoms with E-state index in [1.165, 1.54) is 19.3 Å². The van der Waals surface area contributed by atoms with Crippen molar-refractivity contribution in [2.45, 2.75) is 50.0 Å². The summed E-state index contributed by atoms with van der Waals surface area (Å²) in [7, 11) is 0. The van der Waals surface area contributed by atoms with Crippen molar-refractivity contribution in [3.63, 3.8) is 0 Å². The summed E-state index contributed by atoms with van der Waals surface area (Å²) in [6.45, 7) is 1.60. The number of hydrogen-bond donors (Lipinski definition) is 4. The van der Waals surface area contributed by atoms with Crippen LogP contribution in [0.25, 0.3) is 0 Å². The first-order valence-electron chi connectivity index (χ1n) is 8.36. The van der Waals surface area contributed by atoms with Crippen LogP contribution in [0.1, 0.15) is 31.2 Å². The highest BCUT2D eigenvalue weighted by Gasteiger charge is 2.47. The molecule has 1 atom stereocenters. The van der Waals surface area contributed by atoms with Crippen LogP contribution in [0.15, 0.2) is 30.3 Å². The molecule has 1 saturated heterocycles. The lowest BCUT2D eigenvalue weighted by molar-refractivity contribution is -0.192. The molecule has 1 aliphatic carbocycles. The van der Waals surface area contributed by atoms with Gasteiger partial charge in [-0.15, -0.1) is 0 Å². The summed E-state index contributed by atoms with van der Waals surface area (Å²) in [6.07, 6.45) is -0.386. The van der Waals surface area contributed by atoms with Gasteiger partial charge in [0, 0.05) is 18.1 Å². The van der Waals surface area contributed by atoms with Crippen molar-refractivity contribution in [3.05, 3.63) is 35.9 Å². The van der Waals surface area contributed by atoms with E-state index in [-0.39, 0.29) is 17.6 Å². The van der Waals surface area contributed by atoms with Crippen LogP contribution in [0, 0.1) is 0 Å². The summed E-state index contributed by atoms with van der Waals surface area (Å²) >= 11 is 0. The Kier molecular flexibility index (Phi) is 6.47. The molecule has 1 spiro atoms. The number of rotatable bonds is 3. The second-order valence-electron chi connectivity index (χ2n) is 6.39. The average Bonchev–Trinajstić information content (AvgIpc) is 2.97. The number of carbonyl (C=O) groups is 2. The number of urea groups is 1. The molecule has 2 amide bonds. The molecule has 2 aliphatic rings. The Morgan fingerprint density at radius 1 is 1.23 bits per heavy atom. The van der Waals surface area contributed by atoms with E-state index >= 15 is 0 Å². The molecule has 1 unspecified atom stereocenters. The summed E-state index contributed by atoms with van der Waals surface area (Å²) < 4.78 is 31.7. The van der Waals surface area contributed by atoms with Gasteiger partial charge in [0.15, 0.2) is 0 Å². The summed E-state index contributed by atoms with van der Waals surface area (Å²) in [5.41, 5.74) is 1.32. The monoisotopic (exact) mass is 373 g/mol. The zero-order valence-corrected chi connectivity index (χ0v) is 14.1. The SMILES string of the molecule is O=C(NCc1ccccc1)NC1CCNC12CCC2.O=C(O)C(F)(F)F. The number of amides is 2.